The van der Waals surface area contributed by atoms with Gasteiger partial charge < -0.3 is 5.32 Å². The fourth-order valence-electron chi connectivity index (χ4n) is 1.33. The molecule has 0 saturated heterocycles. The lowest BCUT2D eigenvalue weighted by molar-refractivity contribution is 0.604. The molecule has 2 N–H and O–H groups in total. The smallest absolute Gasteiger partial charge is 0.236 e. The molecule has 0 bridgehead atoms. The first-order chi connectivity index (χ1) is 7.57. The van der Waals surface area contributed by atoms with Crippen LogP contribution in [0.4, 0.5) is 5.69 Å². The topological polar surface area (TPSA) is 58.2 Å². The van der Waals surface area contributed by atoms with E-state index in [0.717, 1.165) is 5.56 Å². The largest absolute Gasteiger partial charge is 0.316 e. The Hall–Kier alpha value is -1.33. The number of hydrogen-bond donors (Lipinski definition) is 2. The Balaban J connectivity index is 2.81. The molecule has 88 valence electrons. The Kier molecular flexibility index (Phi) is 4.52. The molecule has 0 aromatic heterocycles. The molecule has 1 aromatic carbocycles. The monoisotopic (exact) mass is 240 g/mol. The van der Waals surface area contributed by atoms with Crippen molar-refractivity contribution in [1.82, 2.24) is 5.32 Å². The molecule has 16 heavy (non-hydrogen) atoms. The van der Waals surface area contributed by atoms with E-state index in [0.29, 0.717) is 12.2 Å². The fourth-order valence-corrected chi connectivity index (χ4v) is 2.20. The van der Waals surface area contributed by atoms with Crippen molar-refractivity contribution < 1.29 is 8.42 Å². The van der Waals surface area contributed by atoms with Gasteiger partial charge in [0.05, 0.1) is 5.75 Å². The quantitative estimate of drug-likeness (QED) is 0.738. The molecule has 1 aromatic rings. The second-order valence-electron chi connectivity index (χ2n) is 3.40. The molecule has 0 amide bonds. The van der Waals surface area contributed by atoms with E-state index in [9.17, 15) is 8.42 Å². The van der Waals surface area contributed by atoms with Crippen LogP contribution < -0.4 is 10.0 Å². The Morgan fingerprint density at radius 3 is 2.81 bits per heavy atom. The maximum Gasteiger partial charge on any atom is 0.236 e. The van der Waals surface area contributed by atoms with Crippen LogP contribution in [0.25, 0.3) is 0 Å². The van der Waals surface area contributed by atoms with Crippen molar-refractivity contribution in [3.05, 3.63) is 42.5 Å². The van der Waals surface area contributed by atoms with E-state index in [1.165, 1.54) is 6.08 Å². The third kappa shape index (κ3) is 4.04. The summed E-state index contributed by atoms with van der Waals surface area (Å²) in [6, 6.07) is 7.27. The van der Waals surface area contributed by atoms with Crippen molar-refractivity contribution in [3.8, 4) is 0 Å². The summed E-state index contributed by atoms with van der Waals surface area (Å²) in [5.74, 6) is -0.0801. The van der Waals surface area contributed by atoms with Gasteiger partial charge in [-0.15, -0.1) is 6.58 Å². The van der Waals surface area contributed by atoms with Gasteiger partial charge in [-0.05, 0) is 24.7 Å². The van der Waals surface area contributed by atoms with E-state index in [4.69, 9.17) is 0 Å². The zero-order valence-corrected chi connectivity index (χ0v) is 10.0. The molecular formula is C11H16N2O2S. The second-order valence-corrected chi connectivity index (χ2v) is 5.17. The maximum atomic E-state index is 11.5. The summed E-state index contributed by atoms with van der Waals surface area (Å²) in [6.07, 6.45) is 1.36. The van der Waals surface area contributed by atoms with Crippen LogP contribution >= 0.6 is 0 Å². The molecule has 0 saturated carbocycles. The highest BCUT2D eigenvalue weighted by molar-refractivity contribution is 7.92. The van der Waals surface area contributed by atoms with Crippen molar-refractivity contribution >= 4 is 15.7 Å². The van der Waals surface area contributed by atoms with E-state index in [1.54, 1.807) is 12.1 Å². The molecule has 0 unspecified atom stereocenters. The first-order valence-corrected chi connectivity index (χ1v) is 6.57. The molecule has 0 atom stereocenters. The molecule has 0 radical (unpaired) electrons. The molecule has 1 rings (SSSR count). The minimum Gasteiger partial charge on any atom is -0.316 e. The van der Waals surface area contributed by atoms with E-state index in [1.807, 2.05) is 19.2 Å². The summed E-state index contributed by atoms with van der Waals surface area (Å²) in [6.45, 7) is 4.11. The summed E-state index contributed by atoms with van der Waals surface area (Å²) in [7, 11) is -1.46. The molecule has 4 nitrogen and oxygen atoms in total. The molecule has 5 heteroatoms. The summed E-state index contributed by atoms with van der Waals surface area (Å²) < 4.78 is 25.4. The minimum atomic E-state index is -3.30. The van der Waals surface area contributed by atoms with E-state index >= 15 is 0 Å². The lowest BCUT2D eigenvalue weighted by atomic mass is 10.2. The van der Waals surface area contributed by atoms with Gasteiger partial charge in [0.1, 0.15) is 0 Å². The highest BCUT2D eigenvalue weighted by atomic mass is 32.2. The van der Waals surface area contributed by atoms with Crippen molar-refractivity contribution in [2.24, 2.45) is 0 Å². The molecule has 0 aliphatic carbocycles. The SMILES string of the molecule is C=CCS(=O)(=O)Nc1cccc(CNC)c1. The predicted molar refractivity (Wildman–Crippen MR) is 66.8 cm³/mol. The second kappa shape index (κ2) is 5.67. The van der Waals surface area contributed by atoms with Gasteiger partial charge in [0.25, 0.3) is 0 Å². The predicted octanol–water partition coefficient (Wildman–Crippen LogP) is 1.33. The number of benzene rings is 1. The van der Waals surface area contributed by atoms with E-state index in [2.05, 4.69) is 16.6 Å². The zero-order chi connectivity index (χ0) is 12.0. The lowest BCUT2D eigenvalue weighted by Gasteiger charge is -2.07. The summed E-state index contributed by atoms with van der Waals surface area (Å²) in [4.78, 5) is 0. The zero-order valence-electron chi connectivity index (χ0n) is 9.23. The number of rotatable bonds is 6. The van der Waals surface area contributed by atoms with Gasteiger partial charge in [-0.2, -0.15) is 0 Å². The minimum absolute atomic E-state index is 0.0801. The van der Waals surface area contributed by atoms with Crippen LogP contribution in [0.2, 0.25) is 0 Å². The third-order valence-corrected chi connectivity index (χ3v) is 3.14. The summed E-state index contributed by atoms with van der Waals surface area (Å²) in [5.41, 5.74) is 1.61. The number of nitrogens with one attached hydrogen (secondary N) is 2. The number of anilines is 1. The Morgan fingerprint density at radius 1 is 1.44 bits per heavy atom. The van der Waals surface area contributed by atoms with Crippen LogP contribution in [0.1, 0.15) is 5.56 Å². The first-order valence-electron chi connectivity index (χ1n) is 4.92. The molecule has 0 heterocycles. The first kappa shape index (κ1) is 12.7. The highest BCUT2D eigenvalue weighted by Gasteiger charge is 2.07. The van der Waals surface area contributed by atoms with Gasteiger partial charge in [0, 0.05) is 12.2 Å². The normalized spacial score (nSPS) is 11.1. The Morgan fingerprint density at radius 2 is 2.19 bits per heavy atom. The summed E-state index contributed by atoms with van der Waals surface area (Å²) in [5, 5.41) is 3.01. The van der Waals surface area contributed by atoms with Crippen LogP contribution in [0.5, 0.6) is 0 Å². The molecule has 0 aliphatic heterocycles. The fraction of sp³-hybridized carbons (Fsp3) is 0.273. The van der Waals surface area contributed by atoms with Gasteiger partial charge >= 0.3 is 0 Å². The number of hydrogen-bond acceptors (Lipinski definition) is 3. The van der Waals surface area contributed by atoms with Crippen LogP contribution in [-0.4, -0.2) is 21.2 Å². The highest BCUT2D eigenvalue weighted by Crippen LogP contribution is 2.12. The van der Waals surface area contributed by atoms with Gasteiger partial charge in [-0.1, -0.05) is 18.2 Å². The third-order valence-electron chi connectivity index (χ3n) is 1.92. The van der Waals surface area contributed by atoms with Gasteiger partial charge in [0.15, 0.2) is 0 Å². The van der Waals surface area contributed by atoms with Gasteiger partial charge in [-0.25, -0.2) is 8.42 Å². The van der Waals surface area contributed by atoms with Crippen LogP contribution in [-0.2, 0) is 16.6 Å². The van der Waals surface area contributed by atoms with Crippen LogP contribution in [0.15, 0.2) is 36.9 Å². The summed E-state index contributed by atoms with van der Waals surface area (Å²) >= 11 is 0. The molecule has 0 spiro atoms. The van der Waals surface area contributed by atoms with Gasteiger partial charge in [0.2, 0.25) is 10.0 Å². The Labute approximate surface area is 96.4 Å². The van der Waals surface area contributed by atoms with Crippen molar-refractivity contribution in [3.63, 3.8) is 0 Å². The van der Waals surface area contributed by atoms with Gasteiger partial charge in [-0.3, -0.25) is 4.72 Å². The van der Waals surface area contributed by atoms with Crippen LogP contribution in [0, 0.1) is 0 Å². The molecule has 0 fully saturated rings. The maximum absolute atomic E-state index is 11.5. The number of sulfonamides is 1. The van der Waals surface area contributed by atoms with Crippen LogP contribution in [0.3, 0.4) is 0 Å². The standard InChI is InChI=1S/C11H16N2O2S/c1-3-7-16(14,15)13-11-6-4-5-10(8-11)9-12-2/h3-6,8,12-13H,1,7,9H2,2H3. The lowest BCUT2D eigenvalue weighted by Crippen LogP contribution is -2.15. The van der Waals surface area contributed by atoms with Crippen molar-refractivity contribution in [2.75, 3.05) is 17.5 Å². The van der Waals surface area contributed by atoms with Crippen molar-refractivity contribution in [2.45, 2.75) is 6.54 Å². The Bertz CT molecular complexity index is 455. The molecule has 0 aliphatic rings. The average Bonchev–Trinajstić information content (AvgIpc) is 2.17. The molecular weight excluding hydrogens is 224 g/mol. The van der Waals surface area contributed by atoms with E-state index < -0.39 is 10.0 Å². The average molecular weight is 240 g/mol. The van der Waals surface area contributed by atoms with E-state index in [-0.39, 0.29) is 5.75 Å². The van der Waals surface area contributed by atoms with Crippen molar-refractivity contribution in [1.29, 1.82) is 0 Å².